The van der Waals surface area contributed by atoms with Gasteiger partial charge in [-0.05, 0) is 72.6 Å². The number of hydrogen-bond donors (Lipinski definition) is 1. The minimum absolute atomic E-state index is 0.0774. The normalized spacial score (nSPS) is 11.5. The van der Waals surface area contributed by atoms with Crippen LogP contribution in [-0.2, 0) is 12.8 Å². The van der Waals surface area contributed by atoms with Crippen molar-refractivity contribution in [3.8, 4) is 28.5 Å². The topological polar surface area (TPSA) is 87.0 Å². The predicted molar refractivity (Wildman–Crippen MR) is 168 cm³/mol. The molecule has 0 aliphatic rings. The van der Waals surface area contributed by atoms with Crippen LogP contribution in [0.5, 0.6) is 17.2 Å². The molecule has 6 rings (SSSR count). The van der Waals surface area contributed by atoms with Crippen molar-refractivity contribution in [2.75, 3.05) is 18.5 Å². The molecule has 11 heteroatoms. The molecule has 0 aliphatic carbocycles. The molecule has 234 valence electrons. The molecule has 1 N–H and O–H groups in total. The van der Waals surface area contributed by atoms with Crippen molar-refractivity contribution in [1.29, 1.82) is 0 Å². The summed E-state index contributed by atoms with van der Waals surface area (Å²) in [4.78, 5) is 17.8. The Labute approximate surface area is 262 Å². The molecule has 0 fully saturated rings. The second-order valence-corrected chi connectivity index (χ2v) is 10.3. The summed E-state index contributed by atoms with van der Waals surface area (Å²) in [5, 5.41) is 8.19. The van der Waals surface area contributed by atoms with Crippen LogP contribution in [0.3, 0.4) is 0 Å². The molecule has 1 amide bonds. The Bertz CT molecular complexity index is 2020. The molecule has 46 heavy (non-hydrogen) atoms. The third-order valence-corrected chi connectivity index (χ3v) is 7.20. The SMILES string of the molecule is CCOc1ccc(COc2ccc(NC(=O)c3cnn4c(C(F)(F)F)cc(-c5cccc6ccccc56)nc34)cc2)cc1OCC. The Kier molecular flexibility index (Phi) is 8.47. The van der Waals surface area contributed by atoms with Crippen LogP contribution in [0.1, 0.15) is 35.5 Å². The molecule has 0 saturated carbocycles. The fourth-order valence-electron chi connectivity index (χ4n) is 5.10. The van der Waals surface area contributed by atoms with Gasteiger partial charge in [0.2, 0.25) is 0 Å². The van der Waals surface area contributed by atoms with Crippen molar-refractivity contribution in [3.05, 3.63) is 114 Å². The first-order valence-electron chi connectivity index (χ1n) is 14.6. The highest BCUT2D eigenvalue weighted by Crippen LogP contribution is 2.35. The Hall–Kier alpha value is -5.58. The summed E-state index contributed by atoms with van der Waals surface area (Å²) in [7, 11) is 0. The van der Waals surface area contributed by atoms with Gasteiger partial charge in [0, 0.05) is 11.3 Å². The van der Waals surface area contributed by atoms with Gasteiger partial charge in [-0.15, -0.1) is 0 Å². The second kappa shape index (κ2) is 12.8. The first-order chi connectivity index (χ1) is 22.2. The van der Waals surface area contributed by atoms with Crippen LogP contribution in [-0.4, -0.2) is 33.7 Å². The van der Waals surface area contributed by atoms with Crippen LogP contribution < -0.4 is 19.5 Å². The monoisotopic (exact) mass is 626 g/mol. The molecule has 0 aliphatic heterocycles. The van der Waals surface area contributed by atoms with E-state index in [-0.39, 0.29) is 23.5 Å². The van der Waals surface area contributed by atoms with E-state index in [2.05, 4.69) is 15.4 Å². The number of hydrogen-bond acceptors (Lipinski definition) is 6. The smallest absolute Gasteiger partial charge is 0.433 e. The predicted octanol–water partition coefficient (Wildman–Crippen LogP) is 8.20. The highest BCUT2D eigenvalue weighted by Gasteiger charge is 2.36. The van der Waals surface area contributed by atoms with E-state index >= 15 is 0 Å². The van der Waals surface area contributed by atoms with Crippen molar-refractivity contribution in [1.82, 2.24) is 14.6 Å². The Morgan fingerprint density at radius 3 is 2.35 bits per heavy atom. The molecule has 0 radical (unpaired) electrons. The van der Waals surface area contributed by atoms with Gasteiger partial charge >= 0.3 is 6.18 Å². The molecule has 0 atom stereocenters. The van der Waals surface area contributed by atoms with Crippen LogP contribution in [0.4, 0.5) is 18.9 Å². The zero-order valence-electron chi connectivity index (χ0n) is 25.0. The minimum atomic E-state index is -4.74. The van der Waals surface area contributed by atoms with Gasteiger partial charge < -0.3 is 19.5 Å². The number of amides is 1. The molecular weight excluding hydrogens is 597 g/mol. The summed E-state index contributed by atoms with van der Waals surface area (Å²) in [6.07, 6.45) is -3.66. The number of nitrogens with one attached hydrogen (secondary N) is 1. The van der Waals surface area contributed by atoms with Crippen LogP contribution in [0.25, 0.3) is 27.7 Å². The van der Waals surface area contributed by atoms with Gasteiger partial charge in [0.05, 0.1) is 25.1 Å². The maximum atomic E-state index is 14.2. The molecule has 6 aromatic rings. The summed E-state index contributed by atoms with van der Waals surface area (Å²) in [5.74, 6) is 1.19. The zero-order valence-corrected chi connectivity index (χ0v) is 25.0. The average Bonchev–Trinajstić information content (AvgIpc) is 3.49. The fraction of sp³-hybridized carbons (Fsp3) is 0.171. The van der Waals surface area contributed by atoms with Gasteiger partial charge in [-0.3, -0.25) is 4.79 Å². The van der Waals surface area contributed by atoms with Gasteiger partial charge in [0.15, 0.2) is 22.8 Å². The number of anilines is 1. The number of ether oxygens (including phenoxy) is 3. The third kappa shape index (κ3) is 6.30. The Balaban J connectivity index is 1.23. The van der Waals surface area contributed by atoms with E-state index in [1.807, 2.05) is 62.4 Å². The van der Waals surface area contributed by atoms with Crippen LogP contribution in [0.2, 0.25) is 0 Å². The lowest BCUT2D eigenvalue weighted by Crippen LogP contribution is -2.16. The van der Waals surface area contributed by atoms with Crippen molar-refractivity contribution >= 4 is 28.0 Å². The fourth-order valence-corrected chi connectivity index (χ4v) is 5.10. The number of aromatic nitrogens is 3. The van der Waals surface area contributed by atoms with E-state index in [1.54, 1.807) is 36.4 Å². The molecule has 2 aromatic heterocycles. The summed E-state index contributed by atoms with van der Waals surface area (Å²) < 4.78 is 60.4. The number of halogens is 3. The highest BCUT2D eigenvalue weighted by atomic mass is 19.4. The average molecular weight is 627 g/mol. The maximum Gasteiger partial charge on any atom is 0.433 e. The molecule has 0 spiro atoms. The molecule has 0 bridgehead atoms. The van der Waals surface area contributed by atoms with E-state index in [1.165, 1.54) is 0 Å². The minimum Gasteiger partial charge on any atom is -0.490 e. The van der Waals surface area contributed by atoms with E-state index in [9.17, 15) is 18.0 Å². The number of rotatable bonds is 10. The van der Waals surface area contributed by atoms with Crippen molar-refractivity contribution < 1.29 is 32.2 Å². The molecule has 0 saturated heterocycles. The van der Waals surface area contributed by atoms with Crippen molar-refractivity contribution in [2.45, 2.75) is 26.6 Å². The first-order valence-corrected chi connectivity index (χ1v) is 14.6. The van der Waals surface area contributed by atoms with E-state index < -0.39 is 17.8 Å². The third-order valence-electron chi connectivity index (χ3n) is 7.20. The van der Waals surface area contributed by atoms with E-state index in [0.29, 0.717) is 46.2 Å². The number of carbonyl (C=O) groups excluding carboxylic acids is 1. The molecule has 8 nitrogen and oxygen atoms in total. The standard InChI is InChI=1S/C35H29F3N4O4/c1-3-44-30-17-12-22(18-31(30)45-4-2)21-46-25-15-13-24(14-16-25)40-34(43)28-20-39-42-32(35(36,37)38)19-29(41-33(28)42)27-11-7-9-23-8-5-6-10-26(23)27/h5-20H,3-4,21H2,1-2H3,(H,40,43). The number of nitrogens with zero attached hydrogens (tertiary/aromatic N) is 3. The lowest BCUT2D eigenvalue weighted by atomic mass is 10.0. The van der Waals surface area contributed by atoms with Gasteiger partial charge in [-0.25, -0.2) is 9.50 Å². The largest absolute Gasteiger partial charge is 0.490 e. The van der Waals surface area contributed by atoms with Crippen molar-refractivity contribution in [2.24, 2.45) is 0 Å². The number of fused-ring (bicyclic) bond motifs is 2. The summed E-state index contributed by atoms with van der Waals surface area (Å²) >= 11 is 0. The summed E-state index contributed by atoms with van der Waals surface area (Å²) in [5.41, 5.74) is 0.526. The maximum absolute atomic E-state index is 14.2. The molecular formula is C35H29F3N4O4. The highest BCUT2D eigenvalue weighted by molar-refractivity contribution is 6.08. The van der Waals surface area contributed by atoms with Gasteiger partial charge in [0.25, 0.3) is 5.91 Å². The lowest BCUT2D eigenvalue weighted by Gasteiger charge is -2.13. The van der Waals surface area contributed by atoms with Gasteiger partial charge in [0.1, 0.15) is 17.9 Å². The summed E-state index contributed by atoms with van der Waals surface area (Å²) in [6, 6.07) is 25.9. The zero-order chi connectivity index (χ0) is 32.3. The van der Waals surface area contributed by atoms with Crippen LogP contribution in [0.15, 0.2) is 97.2 Å². The number of carbonyl (C=O) groups is 1. The van der Waals surface area contributed by atoms with E-state index in [0.717, 1.165) is 28.6 Å². The lowest BCUT2D eigenvalue weighted by molar-refractivity contribution is -0.142. The summed E-state index contributed by atoms with van der Waals surface area (Å²) in [6.45, 7) is 5.09. The number of benzene rings is 4. The van der Waals surface area contributed by atoms with Crippen LogP contribution >= 0.6 is 0 Å². The first kappa shape index (κ1) is 30.4. The van der Waals surface area contributed by atoms with Crippen LogP contribution in [0, 0.1) is 0 Å². The van der Waals surface area contributed by atoms with Crippen molar-refractivity contribution in [3.63, 3.8) is 0 Å². The Morgan fingerprint density at radius 2 is 1.59 bits per heavy atom. The van der Waals surface area contributed by atoms with E-state index in [4.69, 9.17) is 14.2 Å². The quantitative estimate of drug-likeness (QED) is 0.165. The van der Waals surface area contributed by atoms with Gasteiger partial charge in [-0.1, -0.05) is 48.5 Å². The second-order valence-electron chi connectivity index (χ2n) is 10.3. The molecule has 2 heterocycles. The van der Waals surface area contributed by atoms with Gasteiger partial charge in [-0.2, -0.15) is 18.3 Å². The Morgan fingerprint density at radius 1 is 0.848 bits per heavy atom. The molecule has 4 aromatic carbocycles. The number of alkyl halides is 3. The molecule has 0 unspecified atom stereocenters.